The van der Waals surface area contributed by atoms with Gasteiger partial charge in [-0.05, 0) is 18.7 Å². The van der Waals surface area contributed by atoms with Crippen molar-refractivity contribution in [1.29, 1.82) is 0 Å². The zero-order valence-corrected chi connectivity index (χ0v) is 7.67. The Bertz CT molecular complexity index is 423. The first-order valence-electron chi connectivity index (χ1n) is 4.01. The highest BCUT2D eigenvalue weighted by molar-refractivity contribution is 6.29. The molecule has 0 fully saturated rings. The summed E-state index contributed by atoms with van der Waals surface area (Å²) in [6, 6.07) is 3.59. The van der Waals surface area contributed by atoms with E-state index in [1.807, 2.05) is 6.07 Å². The van der Waals surface area contributed by atoms with Crippen LogP contribution in [0, 0.1) is 0 Å². The summed E-state index contributed by atoms with van der Waals surface area (Å²) < 4.78 is 0. The maximum absolute atomic E-state index is 5.72. The number of imidazole rings is 1. The number of hydrogen-bond donors (Lipinski definition) is 2. The molecular weight excluding hydrogens is 188 g/mol. The molecule has 4 nitrogen and oxygen atoms in total. The lowest BCUT2D eigenvalue weighted by molar-refractivity contribution is 0.899. The Morgan fingerprint density at radius 2 is 2.23 bits per heavy atom. The minimum Gasteiger partial charge on any atom is -0.341 e. The molecule has 0 saturated heterocycles. The molecule has 2 rings (SSSR count). The standard InChI is InChI=1S/C8H9ClN4/c9-6-2-1-5-8(12-6)13-7(11-5)3-4-10/h1-2H,3-4,10H2,(H,11,12,13). The summed E-state index contributed by atoms with van der Waals surface area (Å²) in [5, 5.41) is 0.457. The fraction of sp³-hybridized carbons (Fsp3) is 0.250. The predicted molar refractivity (Wildman–Crippen MR) is 51.7 cm³/mol. The molecule has 0 spiro atoms. The third-order valence-electron chi connectivity index (χ3n) is 1.74. The maximum Gasteiger partial charge on any atom is 0.179 e. The molecule has 0 radical (unpaired) electrons. The highest BCUT2D eigenvalue weighted by Gasteiger charge is 2.02. The first-order valence-corrected chi connectivity index (χ1v) is 4.38. The number of nitrogens with zero attached hydrogens (tertiary/aromatic N) is 2. The van der Waals surface area contributed by atoms with Crippen molar-refractivity contribution in [3.8, 4) is 0 Å². The quantitative estimate of drug-likeness (QED) is 0.708. The average Bonchev–Trinajstić information content (AvgIpc) is 2.46. The third-order valence-corrected chi connectivity index (χ3v) is 1.95. The van der Waals surface area contributed by atoms with E-state index in [0.717, 1.165) is 17.8 Å². The van der Waals surface area contributed by atoms with E-state index in [1.165, 1.54) is 0 Å². The first kappa shape index (κ1) is 8.47. The van der Waals surface area contributed by atoms with Crippen molar-refractivity contribution in [1.82, 2.24) is 15.0 Å². The minimum atomic E-state index is 0.457. The maximum atomic E-state index is 5.72. The van der Waals surface area contributed by atoms with Gasteiger partial charge >= 0.3 is 0 Å². The summed E-state index contributed by atoms with van der Waals surface area (Å²) in [4.78, 5) is 11.4. The first-order chi connectivity index (χ1) is 6.29. The fourth-order valence-corrected chi connectivity index (χ4v) is 1.32. The highest BCUT2D eigenvalue weighted by atomic mass is 35.5. The van der Waals surface area contributed by atoms with Crippen LogP contribution in [0.25, 0.3) is 11.2 Å². The van der Waals surface area contributed by atoms with Gasteiger partial charge in [-0.2, -0.15) is 0 Å². The number of aromatic nitrogens is 3. The molecule has 0 aliphatic carbocycles. The van der Waals surface area contributed by atoms with E-state index in [1.54, 1.807) is 6.07 Å². The van der Waals surface area contributed by atoms with Crippen molar-refractivity contribution >= 4 is 22.8 Å². The lowest BCUT2D eigenvalue weighted by atomic mass is 10.4. The summed E-state index contributed by atoms with van der Waals surface area (Å²) in [5.41, 5.74) is 6.95. The number of H-pyrrole nitrogens is 1. The summed E-state index contributed by atoms with van der Waals surface area (Å²) in [6.07, 6.45) is 0.730. The molecule has 2 heterocycles. The van der Waals surface area contributed by atoms with Gasteiger partial charge < -0.3 is 10.7 Å². The molecule has 5 heteroatoms. The van der Waals surface area contributed by atoms with Crippen LogP contribution in [0.4, 0.5) is 0 Å². The number of fused-ring (bicyclic) bond motifs is 1. The fourth-order valence-electron chi connectivity index (χ4n) is 1.17. The van der Waals surface area contributed by atoms with Crippen LogP contribution in [-0.2, 0) is 6.42 Å². The van der Waals surface area contributed by atoms with Gasteiger partial charge in [-0.25, -0.2) is 9.97 Å². The van der Waals surface area contributed by atoms with Crippen LogP contribution >= 0.6 is 11.6 Å². The van der Waals surface area contributed by atoms with E-state index in [2.05, 4.69) is 15.0 Å². The molecule has 0 aromatic carbocycles. The SMILES string of the molecule is NCCc1nc2nc(Cl)ccc2[nH]1. The normalized spacial score (nSPS) is 10.9. The van der Waals surface area contributed by atoms with E-state index in [-0.39, 0.29) is 0 Å². The lowest BCUT2D eigenvalue weighted by Crippen LogP contribution is -2.03. The highest BCUT2D eigenvalue weighted by Crippen LogP contribution is 2.12. The van der Waals surface area contributed by atoms with Gasteiger partial charge in [-0.3, -0.25) is 0 Å². The summed E-state index contributed by atoms with van der Waals surface area (Å²) >= 11 is 5.72. The Kier molecular flexibility index (Phi) is 2.16. The number of nitrogens with one attached hydrogen (secondary N) is 1. The van der Waals surface area contributed by atoms with E-state index >= 15 is 0 Å². The molecule has 0 aliphatic heterocycles. The second kappa shape index (κ2) is 3.32. The molecule has 3 N–H and O–H groups in total. The van der Waals surface area contributed by atoms with Crippen molar-refractivity contribution in [2.75, 3.05) is 6.54 Å². The second-order valence-electron chi connectivity index (χ2n) is 2.73. The van der Waals surface area contributed by atoms with E-state index < -0.39 is 0 Å². The Hall–Kier alpha value is -1.13. The number of halogens is 1. The molecule has 0 saturated carbocycles. The molecule has 0 atom stereocenters. The van der Waals surface area contributed by atoms with Gasteiger partial charge in [0, 0.05) is 6.42 Å². The Labute approximate surface area is 80.1 Å². The van der Waals surface area contributed by atoms with Crippen molar-refractivity contribution in [3.63, 3.8) is 0 Å². The van der Waals surface area contributed by atoms with Gasteiger partial charge in [0.05, 0.1) is 5.52 Å². The van der Waals surface area contributed by atoms with Crippen LogP contribution < -0.4 is 5.73 Å². The van der Waals surface area contributed by atoms with Crippen LogP contribution in [-0.4, -0.2) is 21.5 Å². The Morgan fingerprint density at radius 1 is 1.38 bits per heavy atom. The number of pyridine rings is 1. The van der Waals surface area contributed by atoms with E-state index in [0.29, 0.717) is 17.3 Å². The molecule has 0 amide bonds. The van der Waals surface area contributed by atoms with Crippen LogP contribution in [0.5, 0.6) is 0 Å². The lowest BCUT2D eigenvalue weighted by Gasteiger charge is -1.87. The Morgan fingerprint density at radius 3 is 3.00 bits per heavy atom. The predicted octanol–water partition coefficient (Wildman–Crippen LogP) is 1.11. The minimum absolute atomic E-state index is 0.457. The number of nitrogens with two attached hydrogens (primary N) is 1. The van der Waals surface area contributed by atoms with Gasteiger partial charge in [0.25, 0.3) is 0 Å². The molecule has 0 unspecified atom stereocenters. The molecular formula is C8H9ClN4. The number of rotatable bonds is 2. The van der Waals surface area contributed by atoms with Crippen molar-refractivity contribution in [2.45, 2.75) is 6.42 Å². The van der Waals surface area contributed by atoms with Crippen molar-refractivity contribution in [3.05, 3.63) is 23.1 Å². The van der Waals surface area contributed by atoms with Gasteiger partial charge in [0.15, 0.2) is 5.65 Å². The van der Waals surface area contributed by atoms with Crippen molar-refractivity contribution in [2.24, 2.45) is 5.73 Å². The van der Waals surface area contributed by atoms with Crippen molar-refractivity contribution < 1.29 is 0 Å². The number of aromatic amines is 1. The van der Waals surface area contributed by atoms with Gasteiger partial charge in [0.2, 0.25) is 0 Å². The number of hydrogen-bond acceptors (Lipinski definition) is 3. The summed E-state index contributed by atoms with van der Waals surface area (Å²) in [5.74, 6) is 0.854. The molecule has 68 valence electrons. The second-order valence-corrected chi connectivity index (χ2v) is 3.11. The van der Waals surface area contributed by atoms with Crippen LogP contribution in [0.15, 0.2) is 12.1 Å². The monoisotopic (exact) mass is 196 g/mol. The molecule has 13 heavy (non-hydrogen) atoms. The van der Waals surface area contributed by atoms with Crippen LogP contribution in [0.1, 0.15) is 5.82 Å². The zero-order chi connectivity index (χ0) is 9.26. The van der Waals surface area contributed by atoms with Crippen LogP contribution in [0.3, 0.4) is 0 Å². The third kappa shape index (κ3) is 1.64. The van der Waals surface area contributed by atoms with Gasteiger partial charge in [0.1, 0.15) is 11.0 Å². The van der Waals surface area contributed by atoms with Gasteiger partial charge in [-0.15, -0.1) is 0 Å². The Balaban J connectivity index is 2.49. The van der Waals surface area contributed by atoms with Gasteiger partial charge in [-0.1, -0.05) is 11.6 Å². The average molecular weight is 197 g/mol. The smallest absolute Gasteiger partial charge is 0.179 e. The van der Waals surface area contributed by atoms with E-state index in [9.17, 15) is 0 Å². The molecule has 2 aromatic rings. The summed E-state index contributed by atoms with van der Waals surface area (Å²) in [7, 11) is 0. The molecule has 2 aromatic heterocycles. The zero-order valence-electron chi connectivity index (χ0n) is 6.92. The van der Waals surface area contributed by atoms with E-state index in [4.69, 9.17) is 17.3 Å². The summed E-state index contributed by atoms with van der Waals surface area (Å²) in [6.45, 7) is 0.577. The van der Waals surface area contributed by atoms with Crippen LogP contribution in [0.2, 0.25) is 5.15 Å². The molecule has 0 bridgehead atoms. The topological polar surface area (TPSA) is 67.6 Å². The molecule has 0 aliphatic rings. The largest absolute Gasteiger partial charge is 0.341 e.